The Morgan fingerprint density at radius 2 is 2.11 bits per heavy atom. The second-order valence-corrected chi connectivity index (χ2v) is 6.26. The third-order valence-electron chi connectivity index (χ3n) is 3.98. The number of rotatable bonds is 4. The molecule has 1 fully saturated rings. The van der Waals surface area contributed by atoms with E-state index in [0.29, 0.717) is 17.9 Å². The third kappa shape index (κ3) is 3.72. The van der Waals surface area contributed by atoms with Crippen LogP contribution in [0.4, 0.5) is 5.69 Å². The molecule has 2 rings (SSSR count). The summed E-state index contributed by atoms with van der Waals surface area (Å²) in [4.78, 5) is 11.5. The van der Waals surface area contributed by atoms with Gasteiger partial charge in [-0.1, -0.05) is 32.0 Å². The SMILES string of the molecule is CNC(=O)Cc1ccccc1NC1CCC(C)(C)C1. The molecule has 3 heteroatoms. The highest BCUT2D eigenvalue weighted by Gasteiger charge is 2.30. The van der Waals surface area contributed by atoms with Crippen molar-refractivity contribution >= 4 is 11.6 Å². The molecule has 0 spiro atoms. The second kappa shape index (κ2) is 5.64. The molecule has 1 amide bonds. The fraction of sp³-hybridized carbons (Fsp3) is 0.562. The average Bonchev–Trinajstić information content (AvgIpc) is 2.71. The highest BCUT2D eigenvalue weighted by Crippen LogP contribution is 2.38. The third-order valence-corrected chi connectivity index (χ3v) is 3.98. The first-order chi connectivity index (χ1) is 9.00. The van der Waals surface area contributed by atoms with Crippen molar-refractivity contribution in [3.8, 4) is 0 Å². The predicted molar refractivity (Wildman–Crippen MR) is 79.3 cm³/mol. The zero-order valence-corrected chi connectivity index (χ0v) is 12.1. The molecular formula is C16H24N2O. The number of likely N-dealkylation sites (N-methyl/N-ethyl adjacent to an activating group) is 1. The van der Waals surface area contributed by atoms with Crippen LogP contribution in [0.1, 0.15) is 38.7 Å². The number of carbonyl (C=O) groups excluding carboxylic acids is 1. The van der Waals surface area contributed by atoms with Gasteiger partial charge in [-0.25, -0.2) is 0 Å². The molecule has 0 bridgehead atoms. The minimum Gasteiger partial charge on any atom is -0.382 e. The molecule has 1 atom stereocenters. The van der Waals surface area contributed by atoms with Crippen LogP contribution >= 0.6 is 0 Å². The Hall–Kier alpha value is -1.51. The molecule has 1 aromatic carbocycles. The smallest absolute Gasteiger partial charge is 0.224 e. The van der Waals surface area contributed by atoms with Crippen LogP contribution in [-0.2, 0) is 11.2 Å². The summed E-state index contributed by atoms with van der Waals surface area (Å²) in [5, 5.41) is 6.30. The maximum absolute atomic E-state index is 11.5. The molecule has 1 aliphatic carbocycles. The van der Waals surface area contributed by atoms with E-state index in [1.165, 1.54) is 19.3 Å². The Bertz CT molecular complexity index is 454. The quantitative estimate of drug-likeness (QED) is 0.874. The minimum atomic E-state index is 0.0565. The van der Waals surface area contributed by atoms with Crippen LogP contribution < -0.4 is 10.6 Å². The summed E-state index contributed by atoms with van der Waals surface area (Å²) in [6.45, 7) is 4.65. The summed E-state index contributed by atoms with van der Waals surface area (Å²) in [7, 11) is 1.68. The first-order valence-electron chi connectivity index (χ1n) is 7.05. The van der Waals surface area contributed by atoms with Gasteiger partial charge in [0.15, 0.2) is 0 Å². The van der Waals surface area contributed by atoms with Crippen molar-refractivity contribution < 1.29 is 4.79 Å². The topological polar surface area (TPSA) is 41.1 Å². The zero-order valence-electron chi connectivity index (χ0n) is 12.1. The van der Waals surface area contributed by atoms with E-state index in [1.807, 2.05) is 18.2 Å². The largest absolute Gasteiger partial charge is 0.382 e. The normalized spacial score (nSPS) is 21.1. The Balaban J connectivity index is 2.06. The lowest BCUT2D eigenvalue weighted by Gasteiger charge is -2.20. The molecule has 0 heterocycles. The molecule has 1 aliphatic rings. The highest BCUT2D eigenvalue weighted by atomic mass is 16.1. The Morgan fingerprint density at radius 3 is 2.74 bits per heavy atom. The van der Waals surface area contributed by atoms with E-state index in [4.69, 9.17) is 0 Å². The molecule has 2 N–H and O–H groups in total. The molecule has 1 unspecified atom stereocenters. The minimum absolute atomic E-state index is 0.0565. The van der Waals surface area contributed by atoms with Crippen LogP contribution in [0.25, 0.3) is 0 Å². The number of hydrogen-bond donors (Lipinski definition) is 2. The van der Waals surface area contributed by atoms with Gasteiger partial charge >= 0.3 is 0 Å². The van der Waals surface area contributed by atoms with Crippen LogP contribution in [0.3, 0.4) is 0 Å². The van der Waals surface area contributed by atoms with Gasteiger partial charge in [0.05, 0.1) is 6.42 Å². The summed E-state index contributed by atoms with van der Waals surface area (Å²) in [5.41, 5.74) is 2.62. The zero-order chi connectivity index (χ0) is 13.9. The van der Waals surface area contributed by atoms with Crippen LogP contribution in [0.2, 0.25) is 0 Å². The molecular weight excluding hydrogens is 236 g/mol. The lowest BCUT2D eigenvalue weighted by molar-refractivity contribution is -0.119. The Labute approximate surface area is 115 Å². The van der Waals surface area contributed by atoms with Gasteiger partial charge in [0.1, 0.15) is 0 Å². The van der Waals surface area contributed by atoms with Gasteiger partial charge in [0, 0.05) is 18.8 Å². The summed E-state index contributed by atoms with van der Waals surface area (Å²) in [6.07, 6.45) is 4.11. The van der Waals surface area contributed by atoms with Crippen molar-refractivity contribution in [3.05, 3.63) is 29.8 Å². The standard InChI is InChI=1S/C16H24N2O/c1-16(2)9-8-13(11-16)18-14-7-5-4-6-12(14)10-15(19)17-3/h4-7,13,18H,8-11H2,1-3H3,(H,17,19). The molecule has 0 radical (unpaired) electrons. The van der Waals surface area contributed by atoms with Crippen LogP contribution in [-0.4, -0.2) is 19.0 Å². The van der Waals surface area contributed by atoms with Crippen LogP contribution in [0.15, 0.2) is 24.3 Å². The molecule has 0 aliphatic heterocycles. The molecule has 0 saturated heterocycles. The molecule has 3 nitrogen and oxygen atoms in total. The Kier molecular flexibility index (Phi) is 4.13. The second-order valence-electron chi connectivity index (χ2n) is 6.26. The molecule has 104 valence electrons. The van der Waals surface area contributed by atoms with Crippen molar-refractivity contribution in [2.45, 2.75) is 45.6 Å². The molecule has 1 aromatic rings. The number of anilines is 1. The van der Waals surface area contributed by atoms with E-state index in [-0.39, 0.29) is 5.91 Å². The van der Waals surface area contributed by atoms with Crippen molar-refractivity contribution in [1.29, 1.82) is 0 Å². The summed E-state index contributed by atoms with van der Waals surface area (Å²) < 4.78 is 0. The van der Waals surface area contributed by atoms with Gasteiger partial charge in [0.2, 0.25) is 5.91 Å². The number of benzene rings is 1. The number of hydrogen-bond acceptors (Lipinski definition) is 2. The van der Waals surface area contributed by atoms with Gasteiger partial charge in [-0.05, 0) is 36.3 Å². The number of nitrogens with one attached hydrogen (secondary N) is 2. The van der Waals surface area contributed by atoms with E-state index < -0.39 is 0 Å². The monoisotopic (exact) mass is 260 g/mol. The van der Waals surface area contributed by atoms with E-state index in [2.05, 4.69) is 30.5 Å². The van der Waals surface area contributed by atoms with E-state index in [0.717, 1.165) is 11.3 Å². The van der Waals surface area contributed by atoms with E-state index >= 15 is 0 Å². The van der Waals surface area contributed by atoms with Gasteiger partial charge in [-0.2, -0.15) is 0 Å². The Morgan fingerprint density at radius 1 is 1.37 bits per heavy atom. The maximum atomic E-state index is 11.5. The average molecular weight is 260 g/mol. The van der Waals surface area contributed by atoms with Gasteiger partial charge < -0.3 is 10.6 Å². The molecule has 19 heavy (non-hydrogen) atoms. The molecule has 1 saturated carbocycles. The first-order valence-corrected chi connectivity index (χ1v) is 7.05. The number of amides is 1. The lowest BCUT2D eigenvalue weighted by atomic mass is 9.92. The van der Waals surface area contributed by atoms with Crippen LogP contribution in [0, 0.1) is 5.41 Å². The van der Waals surface area contributed by atoms with Gasteiger partial charge in [-0.3, -0.25) is 4.79 Å². The van der Waals surface area contributed by atoms with E-state index in [9.17, 15) is 4.79 Å². The van der Waals surface area contributed by atoms with Crippen molar-refractivity contribution in [1.82, 2.24) is 5.32 Å². The maximum Gasteiger partial charge on any atom is 0.224 e. The summed E-state index contributed by atoms with van der Waals surface area (Å²) in [6, 6.07) is 8.64. The highest BCUT2D eigenvalue weighted by molar-refractivity contribution is 5.80. The van der Waals surface area contributed by atoms with Crippen molar-refractivity contribution in [2.75, 3.05) is 12.4 Å². The van der Waals surface area contributed by atoms with Gasteiger partial charge in [0.25, 0.3) is 0 Å². The van der Waals surface area contributed by atoms with Gasteiger partial charge in [-0.15, -0.1) is 0 Å². The van der Waals surface area contributed by atoms with E-state index in [1.54, 1.807) is 7.05 Å². The first kappa shape index (κ1) is 13.9. The number of carbonyl (C=O) groups is 1. The van der Waals surface area contributed by atoms with Crippen molar-refractivity contribution in [2.24, 2.45) is 5.41 Å². The summed E-state index contributed by atoms with van der Waals surface area (Å²) >= 11 is 0. The van der Waals surface area contributed by atoms with Crippen molar-refractivity contribution in [3.63, 3.8) is 0 Å². The van der Waals surface area contributed by atoms with Crippen LogP contribution in [0.5, 0.6) is 0 Å². The molecule has 0 aromatic heterocycles. The summed E-state index contributed by atoms with van der Waals surface area (Å²) in [5.74, 6) is 0.0565. The number of para-hydroxylation sites is 1. The lowest BCUT2D eigenvalue weighted by Crippen LogP contribution is -2.22. The predicted octanol–water partition coefficient (Wildman–Crippen LogP) is 2.97. The fourth-order valence-corrected chi connectivity index (χ4v) is 2.86. The fourth-order valence-electron chi connectivity index (χ4n) is 2.86.